The van der Waals surface area contributed by atoms with E-state index >= 15 is 0 Å². The first-order valence-electron chi connectivity index (χ1n) is 9.83. The predicted molar refractivity (Wildman–Crippen MR) is 97.6 cm³/mol. The molecule has 2 N–H and O–H groups in total. The zero-order chi connectivity index (χ0) is 18.9. The quantitative estimate of drug-likeness (QED) is 0.804. The zero-order valence-electron chi connectivity index (χ0n) is 16.3. The number of amides is 2. The molecule has 3 rings (SSSR count). The van der Waals surface area contributed by atoms with Crippen molar-refractivity contribution in [1.82, 2.24) is 9.80 Å². The second-order valence-electron chi connectivity index (χ2n) is 9.03. The fourth-order valence-electron chi connectivity index (χ4n) is 4.38. The first-order valence-corrected chi connectivity index (χ1v) is 9.83. The largest absolute Gasteiger partial charge is 0.444 e. The van der Waals surface area contributed by atoms with E-state index in [9.17, 15) is 9.59 Å². The molecule has 0 bridgehead atoms. The van der Waals surface area contributed by atoms with Gasteiger partial charge in [0.05, 0.1) is 12.2 Å². The smallest absolute Gasteiger partial charge is 0.410 e. The number of ether oxygens (including phenoxy) is 2. The summed E-state index contributed by atoms with van der Waals surface area (Å²) in [6.07, 6.45) is 4.21. The van der Waals surface area contributed by atoms with Crippen LogP contribution in [0.15, 0.2) is 0 Å². The standard InChI is InChI=1S/C19H33N3O4/c1-18(2,3)26-17(24)22-10-6-19(7-11-22)12-15(13-25-19)21-8-4-14(5-9-21)16(20)23/h14-15H,4-13H2,1-3H3,(H2,20,23)/t15-/m0/s1. The zero-order valence-corrected chi connectivity index (χ0v) is 16.3. The minimum atomic E-state index is -0.460. The van der Waals surface area contributed by atoms with Crippen molar-refractivity contribution in [3.05, 3.63) is 0 Å². The lowest BCUT2D eigenvalue weighted by molar-refractivity contribution is -0.123. The molecule has 2 amide bonds. The van der Waals surface area contributed by atoms with Gasteiger partial charge in [-0.15, -0.1) is 0 Å². The molecular weight excluding hydrogens is 334 g/mol. The Labute approximate surface area is 156 Å². The first kappa shape index (κ1) is 19.4. The SMILES string of the molecule is CC(C)(C)OC(=O)N1CCC2(CC1)C[C@H](N1CCC(C(N)=O)CC1)CO2. The molecule has 3 fully saturated rings. The topological polar surface area (TPSA) is 85.1 Å². The van der Waals surface area contributed by atoms with Crippen LogP contribution >= 0.6 is 0 Å². The molecule has 7 heteroatoms. The van der Waals surface area contributed by atoms with E-state index in [1.807, 2.05) is 20.8 Å². The monoisotopic (exact) mass is 367 g/mol. The van der Waals surface area contributed by atoms with Crippen LogP contribution in [0, 0.1) is 5.92 Å². The van der Waals surface area contributed by atoms with Crippen LogP contribution in [0.25, 0.3) is 0 Å². The Hall–Kier alpha value is -1.34. The van der Waals surface area contributed by atoms with Crippen LogP contribution in [0.4, 0.5) is 4.79 Å². The summed E-state index contributed by atoms with van der Waals surface area (Å²) in [5, 5.41) is 0. The van der Waals surface area contributed by atoms with Crippen LogP contribution in [0.5, 0.6) is 0 Å². The molecule has 1 atom stereocenters. The highest BCUT2D eigenvalue weighted by atomic mass is 16.6. The van der Waals surface area contributed by atoms with Crippen LogP contribution in [0.1, 0.15) is 52.9 Å². The van der Waals surface area contributed by atoms with E-state index in [4.69, 9.17) is 15.2 Å². The Morgan fingerprint density at radius 1 is 1.12 bits per heavy atom. The summed E-state index contributed by atoms with van der Waals surface area (Å²) in [5.74, 6) is -0.141. The van der Waals surface area contributed by atoms with Gasteiger partial charge in [-0.25, -0.2) is 4.79 Å². The molecule has 26 heavy (non-hydrogen) atoms. The number of rotatable bonds is 2. The molecule has 148 valence electrons. The van der Waals surface area contributed by atoms with E-state index in [1.54, 1.807) is 4.90 Å². The minimum Gasteiger partial charge on any atom is -0.444 e. The van der Waals surface area contributed by atoms with Crippen molar-refractivity contribution >= 4 is 12.0 Å². The summed E-state index contributed by atoms with van der Waals surface area (Å²) in [7, 11) is 0. The fraction of sp³-hybridized carbons (Fsp3) is 0.895. The van der Waals surface area contributed by atoms with Crippen LogP contribution in [0.2, 0.25) is 0 Å². The number of carbonyl (C=O) groups excluding carboxylic acids is 2. The lowest BCUT2D eigenvalue weighted by Gasteiger charge is -2.40. The van der Waals surface area contributed by atoms with Gasteiger partial charge in [0.25, 0.3) is 0 Å². The summed E-state index contributed by atoms with van der Waals surface area (Å²) < 4.78 is 11.7. The van der Waals surface area contributed by atoms with E-state index in [1.165, 1.54) is 0 Å². The average molecular weight is 367 g/mol. The average Bonchev–Trinajstić information content (AvgIpc) is 2.98. The number of piperidine rings is 2. The summed E-state index contributed by atoms with van der Waals surface area (Å²) in [6, 6.07) is 0.414. The maximum Gasteiger partial charge on any atom is 0.410 e. The van der Waals surface area contributed by atoms with E-state index in [2.05, 4.69) is 4.90 Å². The number of likely N-dealkylation sites (tertiary alicyclic amines) is 2. The number of hydrogen-bond acceptors (Lipinski definition) is 5. The van der Waals surface area contributed by atoms with Gasteiger partial charge < -0.3 is 20.1 Å². The molecule has 0 aliphatic carbocycles. The van der Waals surface area contributed by atoms with Crippen molar-refractivity contribution in [3.63, 3.8) is 0 Å². The Bertz CT molecular complexity index is 529. The second-order valence-corrected chi connectivity index (χ2v) is 9.03. The molecule has 7 nitrogen and oxygen atoms in total. The molecule has 3 saturated heterocycles. The minimum absolute atomic E-state index is 0.0274. The third-order valence-electron chi connectivity index (χ3n) is 5.96. The molecular formula is C19H33N3O4. The van der Waals surface area contributed by atoms with Gasteiger partial charge in [-0.2, -0.15) is 0 Å². The Balaban J connectivity index is 1.47. The molecule has 3 aliphatic rings. The van der Waals surface area contributed by atoms with Crippen molar-refractivity contribution in [2.75, 3.05) is 32.8 Å². The Kier molecular flexibility index (Phi) is 5.49. The van der Waals surface area contributed by atoms with Gasteiger partial charge in [-0.05, 0) is 66.0 Å². The highest BCUT2D eigenvalue weighted by Crippen LogP contribution is 2.38. The number of nitrogens with zero attached hydrogens (tertiary/aromatic N) is 2. The molecule has 1 spiro atoms. The molecule has 0 aromatic rings. The predicted octanol–water partition coefficient (Wildman–Crippen LogP) is 1.74. The Morgan fingerprint density at radius 3 is 2.27 bits per heavy atom. The van der Waals surface area contributed by atoms with E-state index in [0.29, 0.717) is 19.1 Å². The van der Waals surface area contributed by atoms with E-state index < -0.39 is 5.60 Å². The first-order chi connectivity index (χ1) is 12.2. The van der Waals surface area contributed by atoms with Gasteiger partial charge in [0.2, 0.25) is 5.91 Å². The van der Waals surface area contributed by atoms with Crippen molar-refractivity contribution < 1.29 is 19.1 Å². The summed E-state index contributed by atoms with van der Waals surface area (Å²) >= 11 is 0. The van der Waals surface area contributed by atoms with Gasteiger partial charge in [-0.1, -0.05) is 0 Å². The van der Waals surface area contributed by atoms with Crippen LogP contribution in [-0.4, -0.2) is 71.8 Å². The molecule has 3 aliphatic heterocycles. The van der Waals surface area contributed by atoms with Crippen LogP contribution in [0.3, 0.4) is 0 Å². The lowest BCUT2D eigenvalue weighted by Crippen LogP contribution is -2.49. The third kappa shape index (κ3) is 4.49. The summed E-state index contributed by atoms with van der Waals surface area (Å²) in [5.41, 5.74) is 4.86. The normalized spacial score (nSPS) is 27.7. The van der Waals surface area contributed by atoms with Gasteiger partial charge in [-0.3, -0.25) is 9.69 Å². The van der Waals surface area contributed by atoms with E-state index in [0.717, 1.165) is 51.8 Å². The van der Waals surface area contributed by atoms with Crippen molar-refractivity contribution in [1.29, 1.82) is 0 Å². The maximum atomic E-state index is 12.2. The number of carbonyl (C=O) groups is 2. The highest BCUT2D eigenvalue weighted by molar-refractivity contribution is 5.76. The lowest BCUT2D eigenvalue weighted by atomic mass is 9.86. The molecule has 0 unspecified atom stereocenters. The van der Waals surface area contributed by atoms with Crippen LogP contribution in [-0.2, 0) is 14.3 Å². The molecule has 0 saturated carbocycles. The molecule has 3 heterocycles. The summed E-state index contributed by atoms with van der Waals surface area (Å²) in [6.45, 7) is 9.63. The second kappa shape index (κ2) is 7.35. The van der Waals surface area contributed by atoms with Crippen LogP contribution < -0.4 is 5.73 Å². The van der Waals surface area contributed by atoms with E-state index in [-0.39, 0.29) is 23.5 Å². The van der Waals surface area contributed by atoms with Gasteiger partial charge in [0.15, 0.2) is 0 Å². The Morgan fingerprint density at radius 2 is 1.73 bits per heavy atom. The molecule has 0 aromatic carbocycles. The van der Waals surface area contributed by atoms with Crippen molar-refractivity contribution in [3.8, 4) is 0 Å². The highest BCUT2D eigenvalue weighted by Gasteiger charge is 2.45. The number of nitrogens with two attached hydrogens (primary N) is 1. The molecule has 0 radical (unpaired) electrons. The van der Waals surface area contributed by atoms with Crippen molar-refractivity contribution in [2.24, 2.45) is 11.7 Å². The number of hydrogen-bond donors (Lipinski definition) is 1. The summed E-state index contributed by atoms with van der Waals surface area (Å²) in [4.78, 5) is 27.8. The molecule has 0 aromatic heterocycles. The van der Waals surface area contributed by atoms with Crippen molar-refractivity contribution in [2.45, 2.75) is 70.1 Å². The van der Waals surface area contributed by atoms with Gasteiger partial charge >= 0.3 is 6.09 Å². The third-order valence-corrected chi connectivity index (χ3v) is 5.96. The van der Waals surface area contributed by atoms with Gasteiger partial charge in [0, 0.05) is 25.0 Å². The number of primary amides is 1. The fourth-order valence-corrected chi connectivity index (χ4v) is 4.38. The van der Waals surface area contributed by atoms with Gasteiger partial charge in [0.1, 0.15) is 5.60 Å². The maximum absolute atomic E-state index is 12.2.